The first kappa shape index (κ1) is 10.5. The fraction of sp³-hybridized carbons (Fsp3) is 0.0769. The molecule has 2 aromatic carbocycles. The SMILES string of the molecule is Cc1ccc(-c2cc(Cl)cc(Cl)c2)cc1. The van der Waals surface area contributed by atoms with Crippen LogP contribution in [0.2, 0.25) is 10.0 Å². The van der Waals surface area contributed by atoms with Gasteiger partial charge in [0.2, 0.25) is 0 Å². The third-order valence-electron chi connectivity index (χ3n) is 2.25. The van der Waals surface area contributed by atoms with E-state index >= 15 is 0 Å². The fourth-order valence-electron chi connectivity index (χ4n) is 1.47. The maximum atomic E-state index is 5.95. The molecular weight excluding hydrogens is 227 g/mol. The van der Waals surface area contributed by atoms with Crippen molar-refractivity contribution in [2.24, 2.45) is 0 Å². The Morgan fingerprint density at radius 1 is 0.733 bits per heavy atom. The van der Waals surface area contributed by atoms with Crippen LogP contribution < -0.4 is 0 Å². The van der Waals surface area contributed by atoms with Crippen LogP contribution in [-0.2, 0) is 0 Å². The maximum Gasteiger partial charge on any atom is 0.0426 e. The van der Waals surface area contributed by atoms with Crippen LogP contribution >= 0.6 is 23.2 Å². The lowest BCUT2D eigenvalue weighted by Crippen LogP contribution is -1.79. The van der Waals surface area contributed by atoms with Crippen molar-refractivity contribution in [3.05, 3.63) is 58.1 Å². The van der Waals surface area contributed by atoms with Crippen molar-refractivity contribution in [3.8, 4) is 11.1 Å². The molecule has 0 aromatic heterocycles. The molecule has 0 nitrogen and oxygen atoms in total. The molecule has 0 radical (unpaired) electrons. The zero-order valence-corrected chi connectivity index (χ0v) is 9.81. The summed E-state index contributed by atoms with van der Waals surface area (Å²) in [6.07, 6.45) is 0. The van der Waals surface area contributed by atoms with Gasteiger partial charge < -0.3 is 0 Å². The number of benzene rings is 2. The van der Waals surface area contributed by atoms with Crippen LogP contribution in [-0.4, -0.2) is 0 Å². The highest BCUT2D eigenvalue weighted by Gasteiger charge is 2.00. The quantitative estimate of drug-likeness (QED) is 0.656. The van der Waals surface area contributed by atoms with Crippen molar-refractivity contribution >= 4 is 23.2 Å². The summed E-state index contributed by atoms with van der Waals surface area (Å²) in [5.41, 5.74) is 3.42. The predicted molar refractivity (Wildman–Crippen MR) is 66.6 cm³/mol. The summed E-state index contributed by atoms with van der Waals surface area (Å²) in [5, 5.41) is 1.33. The van der Waals surface area contributed by atoms with Crippen LogP contribution in [0.3, 0.4) is 0 Å². The van der Waals surface area contributed by atoms with Crippen molar-refractivity contribution in [1.82, 2.24) is 0 Å². The second-order valence-corrected chi connectivity index (χ2v) is 4.40. The van der Waals surface area contributed by atoms with Crippen LogP contribution in [0, 0.1) is 6.92 Å². The third-order valence-corrected chi connectivity index (χ3v) is 2.68. The van der Waals surface area contributed by atoms with Crippen LogP contribution in [0.5, 0.6) is 0 Å². The molecule has 0 saturated carbocycles. The number of rotatable bonds is 1. The van der Waals surface area contributed by atoms with Crippen molar-refractivity contribution in [3.63, 3.8) is 0 Å². The molecule has 0 amide bonds. The first-order valence-corrected chi connectivity index (χ1v) is 5.44. The minimum atomic E-state index is 0.665. The highest BCUT2D eigenvalue weighted by molar-refractivity contribution is 6.35. The van der Waals surface area contributed by atoms with E-state index < -0.39 is 0 Å². The van der Waals surface area contributed by atoms with Gasteiger partial charge in [-0.1, -0.05) is 53.0 Å². The van der Waals surface area contributed by atoms with Crippen LogP contribution in [0.4, 0.5) is 0 Å². The Kier molecular flexibility index (Phi) is 2.99. The van der Waals surface area contributed by atoms with E-state index in [4.69, 9.17) is 23.2 Å². The minimum Gasteiger partial charge on any atom is -0.0843 e. The summed E-state index contributed by atoms with van der Waals surface area (Å²) < 4.78 is 0. The zero-order valence-electron chi connectivity index (χ0n) is 8.30. The average molecular weight is 237 g/mol. The Morgan fingerprint density at radius 3 is 1.80 bits per heavy atom. The van der Waals surface area contributed by atoms with E-state index in [-0.39, 0.29) is 0 Å². The smallest absolute Gasteiger partial charge is 0.0426 e. The standard InChI is InChI=1S/C13H10Cl2/c1-9-2-4-10(5-3-9)11-6-12(14)8-13(15)7-11/h2-8H,1H3. The monoisotopic (exact) mass is 236 g/mol. The van der Waals surface area contributed by atoms with Crippen LogP contribution in [0.15, 0.2) is 42.5 Å². The summed E-state index contributed by atoms with van der Waals surface area (Å²) >= 11 is 11.9. The van der Waals surface area contributed by atoms with Gasteiger partial charge in [-0.05, 0) is 36.2 Å². The lowest BCUT2D eigenvalue weighted by molar-refractivity contribution is 1.47. The third kappa shape index (κ3) is 2.53. The fourth-order valence-corrected chi connectivity index (χ4v) is 1.99. The zero-order chi connectivity index (χ0) is 10.8. The number of hydrogen-bond acceptors (Lipinski definition) is 0. The number of hydrogen-bond donors (Lipinski definition) is 0. The predicted octanol–water partition coefficient (Wildman–Crippen LogP) is 4.97. The highest BCUT2D eigenvalue weighted by atomic mass is 35.5. The Hall–Kier alpha value is -0.980. The summed E-state index contributed by atoms with van der Waals surface area (Å²) in [4.78, 5) is 0. The van der Waals surface area contributed by atoms with Gasteiger partial charge in [-0.2, -0.15) is 0 Å². The van der Waals surface area contributed by atoms with Crippen LogP contribution in [0.25, 0.3) is 11.1 Å². The van der Waals surface area contributed by atoms with Gasteiger partial charge in [0.15, 0.2) is 0 Å². The number of aryl methyl sites for hydroxylation is 1. The molecule has 15 heavy (non-hydrogen) atoms. The van der Waals surface area contributed by atoms with E-state index in [0.29, 0.717) is 10.0 Å². The Labute approximate surface area is 99.5 Å². The Balaban J connectivity index is 2.49. The van der Waals surface area contributed by atoms with Gasteiger partial charge in [-0.15, -0.1) is 0 Å². The molecule has 0 fully saturated rings. The van der Waals surface area contributed by atoms with Crippen molar-refractivity contribution in [2.45, 2.75) is 6.92 Å². The topological polar surface area (TPSA) is 0 Å². The second kappa shape index (κ2) is 4.26. The highest BCUT2D eigenvalue weighted by Crippen LogP contribution is 2.27. The summed E-state index contributed by atoms with van der Waals surface area (Å²) in [6.45, 7) is 2.06. The Morgan fingerprint density at radius 2 is 1.27 bits per heavy atom. The molecule has 0 N–H and O–H groups in total. The van der Waals surface area contributed by atoms with Gasteiger partial charge in [0.1, 0.15) is 0 Å². The molecule has 2 aromatic rings. The van der Waals surface area contributed by atoms with E-state index in [0.717, 1.165) is 11.1 Å². The van der Waals surface area contributed by atoms with E-state index in [1.165, 1.54) is 5.56 Å². The normalized spacial score (nSPS) is 10.3. The largest absolute Gasteiger partial charge is 0.0843 e. The lowest BCUT2D eigenvalue weighted by atomic mass is 10.0. The van der Waals surface area contributed by atoms with Gasteiger partial charge in [0, 0.05) is 10.0 Å². The Bertz CT molecular complexity index is 452. The molecule has 0 aliphatic carbocycles. The van der Waals surface area contributed by atoms with Gasteiger partial charge in [-0.3, -0.25) is 0 Å². The molecule has 0 atom stereocenters. The minimum absolute atomic E-state index is 0.665. The summed E-state index contributed by atoms with van der Waals surface area (Å²) in [7, 11) is 0. The van der Waals surface area contributed by atoms with Gasteiger partial charge >= 0.3 is 0 Å². The molecule has 0 spiro atoms. The molecule has 0 unspecified atom stereocenters. The average Bonchev–Trinajstić information content (AvgIpc) is 2.17. The molecule has 76 valence electrons. The molecule has 0 bridgehead atoms. The first-order chi connectivity index (χ1) is 7.15. The van der Waals surface area contributed by atoms with E-state index in [1.807, 2.05) is 12.1 Å². The van der Waals surface area contributed by atoms with E-state index in [9.17, 15) is 0 Å². The van der Waals surface area contributed by atoms with Gasteiger partial charge in [-0.25, -0.2) is 0 Å². The van der Waals surface area contributed by atoms with E-state index in [2.05, 4.69) is 31.2 Å². The van der Waals surface area contributed by atoms with Crippen molar-refractivity contribution < 1.29 is 0 Å². The molecule has 2 rings (SSSR count). The second-order valence-electron chi connectivity index (χ2n) is 3.52. The lowest BCUT2D eigenvalue weighted by Gasteiger charge is -2.03. The molecule has 0 saturated heterocycles. The summed E-state index contributed by atoms with van der Waals surface area (Å²) in [6, 6.07) is 13.8. The summed E-state index contributed by atoms with van der Waals surface area (Å²) in [5.74, 6) is 0. The van der Waals surface area contributed by atoms with Crippen molar-refractivity contribution in [1.29, 1.82) is 0 Å². The van der Waals surface area contributed by atoms with E-state index in [1.54, 1.807) is 6.07 Å². The first-order valence-electron chi connectivity index (χ1n) is 4.68. The molecule has 0 heterocycles. The van der Waals surface area contributed by atoms with Gasteiger partial charge in [0.25, 0.3) is 0 Å². The molecule has 0 aliphatic heterocycles. The number of halogens is 2. The maximum absolute atomic E-state index is 5.95. The molecule has 0 aliphatic rings. The van der Waals surface area contributed by atoms with Crippen molar-refractivity contribution in [2.75, 3.05) is 0 Å². The van der Waals surface area contributed by atoms with Gasteiger partial charge in [0.05, 0.1) is 0 Å². The molecule has 2 heteroatoms. The van der Waals surface area contributed by atoms with Crippen LogP contribution in [0.1, 0.15) is 5.56 Å². The molecular formula is C13H10Cl2.